The van der Waals surface area contributed by atoms with Crippen LogP contribution in [0, 0.1) is 5.82 Å². The molecule has 0 bridgehead atoms. The van der Waals surface area contributed by atoms with Crippen LogP contribution in [-0.2, 0) is 0 Å². The van der Waals surface area contributed by atoms with Crippen LogP contribution < -0.4 is 5.01 Å². The first kappa shape index (κ1) is 12.5. The van der Waals surface area contributed by atoms with Gasteiger partial charge < -0.3 is 0 Å². The maximum absolute atomic E-state index is 12.9. The normalized spacial score (nSPS) is 12.1. The minimum absolute atomic E-state index is 0.410. The third kappa shape index (κ3) is 3.92. The van der Waals surface area contributed by atoms with Gasteiger partial charge in [0.15, 0.2) is 0 Å². The predicted octanol–water partition coefficient (Wildman–Crippen LogP) is 3.29. The molecule has 0 unspecified atom stereocenters. The van der Waals surface area contributed by atoms with Crippen molar-refractivity contribution in [2.75, 3.05) is 11.6 Å². The Balaban J connectivity index is 2.89. The van der Waals surface area contributed by atoms with Crippen LogP contribution in [0.25, 0.3) is 0 Å². The van der Waals surface area contributed by atoms with E-state index in [-0.39, 0.29) is 0 Å². The van der Waals surface area contributed by atoms with Gasteiger partial charge >= 0.3 is 0 Å². The smallest absolute Gasteiger partial charge is 0.260 e. The molecule has 1 aromatic rings. The fourth-order valence-electron chi connectivity index (χ4n) is 1.21. The molecule has 16 heavy (non-hydrogen) atoms. The average Bonchev–Trinajstić information content (AvgIpc) is 2.16. The van der Waals surface area contributed by atoms with Crippen molar-refractivity contribution in [3.63, 3.8) is 0 Å². The number of nitrogens with zero attached hydrogens (tertiary/aromatic N) is 2. The Morgan fingerprint density at radius 1 is 1.31 bits per heavy atom. The zero-order chi connectivity index (χ0) is 12.2. The van der Waals surface area contributed by atoms with Crippen LogP contribution in [0.5, 0.6) is 0 Å². The van der Waals surface area contributed by atoms with E-state index in [1.807, 2.05) is 0 Å². The van der Waals surface area contributed by atoms with E-state index >= 15 is 0 Å². The van der Waals surface area contributed by atoms with Gasteiger partial charge in [-0.3, -0.25) is 5.01 Å². The Labute approximate surface area is 92.4 Å². The van der Waals surface area contributed by atoms with Crippen molar-refractivity contribution in [1.29, 1.82) is 0 Å². The Morgan fingerprint density at radius 3 is 2.31 bits per heavy atom. The molecule has 0 aliphatic rings. The van der Waals surface area contributed by atoms with Crippen LogP contribution in [0.1, 0.15) is 13.8 Å². The second-order valence-electron chi connectivity index (χ2n) is 3.48. The summed E-state index contributed by atoms with van der Waals surface area (Å²) >= 11 is 0. The number of alkyl halides is 2. The summed E-state index contributed by atoms with van der Waals surface area (Å²) in [4.78, 5) is 0. The van der Waals surface area contributed by atoms with Gasteiger partial charge in [0, 0.05) is 13.1 Å². The number of anilines is 1. The van der Waals surface area contributed by atoms with Gasteiger partial charge in [0.2, 0.25) is 0 Å². The second-order valence-corrected chi connectivity index (χ2v) is 3.48. The zero-order valence-corrected chi connectivity index (χ0v) is 9.12. The summed E-state index contributed by atoms with van der Waals surface area (Å²) < 4.78 is 38.4. The van der Waals surface area contributed by atoms with Gasteiger partial charge in [-0.15, -0.1) is 0 Å². The van der Waals surface area contributed by atoms with Gasteiger partial charge in [0.1, 0.15) is 12.4 Å². The number of benzene rings is 1. The molecule has 0 aromatic heterocycles. The Hall–Kier alpha value is -1.52. The van der Waals surface area contributed by atoms with Crippen LogP contribution in [0.3, 0.4) is 0 Å². The molecule has 0 aliphatic heterocycles. The Morgan fingerprint density at radius 2 is 1.88 bits per heavy atom. The second kappa shape index (κ2) is 5.01. The number of rotatable bonds is 4. The highest BCUT2D eigenvalue weighted by molar-refractivity contribution is 5.57. The minimum atomic E-state index is -2.86. The first-order valence-electron chi connectivity index (χ1n) is 4.82. The van der Waals surface area contributed by atoms with E-state index in [1.54, 1.807) is 6.92 Å². The van der Waals surface area contributed by atoms with Gasteiger partial charge in [-0.25, -0.2) is 13.2 Å². The summed E-state index contributed by atoms with van der Waals surface area (Å²) in [5.41, 5.74) is 0.432. The molecule has 0 saturated heterocycles. The van der Waals surface area contributed by atoms with Gasteiger partial charge in [0.25, 0.3) is 5.92 Å². The van der Waals surface area contributed by atoms with Gasteiger partial charge in [-0.05, 0) is 31.2 Å². The van der Waals surface area contributed by atoms with E-state index in [4.69, 9.17) is 0 Å². The fraction of sp³-hybridized carbons (Fsp3) is 0.364. The molecular formula is C11H13F3N2. The molecule has 0 spiro atoms. The van der Waals surface area contributed by atoms with E-state index in [9.17, 15) is 13.2 Å². The van der Waals surface area contributed by atoms with Crippen molar-refractivity contribution >= 4 is 11.9 Å². The SMILES string of the molecule is CC=NN(CC(C)(F)F)c1ccc(F)cc1. The number of hydrazone groups is 1. The molecule has 0 radical (unpaired) electrons. The number of hydrogen-bond donors (Lipinski definition) is 0. The molecule has 2 nitrogen and oxygen atoms in total. The maximum Gasteiger partial charge on any atom is 0.264 e. The predicted molar refractivity (Wildman–Crippen MR) is 58.5 cm³/mol. The lowest BCUT2D eigenvalue weighted by molar-refractivity contribution is 0.0301. The molecule has 0 fully saturated rings. The molecular weight excluding hydrogens is 217 g/mol. The summed E-state index contributed by atoms with van der Waals surface area (Å²) in [5, 5.41) is 4.95. The van der Waals surface area contributed by atoms with Crippen molar-refractivity contribution in [2.45, 2.75) is 19.8 Å². The lowest BCUT2D eigenvalue weighted by Gasteiger charge is -2.22. The van der Waals surface area contributed by atoms with Crippen LogP contribution in [-0.4, -0.2) is 18.7 Å². The molecule has 1 aromatic carbocycles. The summed E-state index contributed by atoms with van der Waals surface area (Å²) in [6.45, 7) is 1.90. The van der Waals surface area contributed by atoms with E-state index < -0.39 is 18.3 Å². The lowest BCUT2D eigenvalue weighted by Crippen LogP contribution is -2.31. The maximum atomic E-state index is 12.9. The van der Waals surface area contributed by atoms with Crippen LogP contribution >= 0.6 is 0 Å². The van der Waals surface area contributed by atoms with Gasteiger partial charge in [-0.2, -0.15) is 5.10 Å². The van der Waals surface area contributed by atoms with Crippen molar-refractivity contribution in [2.24, 2.45) is 5.10 Å². The highest BCUT2D eigenvalue weighted by Gasteiger charge is 2.25. The molecule has 0 heterocycles. The van der Waals surface area contributed by atoms with Gasteiger partial charge in [-0.1, -0.05) is 0 Å². The number of halogens is 3. The van der Waals surface area contributed by atoms with Crippen molar-refractivity contribution in [1.82, 2.24) is 0 Å². The topological polar surface area (TPSA) is 15.6 Å². The third-order valence-electron chi connectivity index (χ3n) is 1.81. The summed E-state index contributed by atoms with van der Waals surface area (Å²) in [7, 11) is 0. The van der Waals surface area contributed by atoms with E-state index in [2.05, 4.69) is 5.10 Å². The van der Waals surface area contributed by atoms with E-state index in [0.29, 0.717) is 5.69 Å². The van der Waals surface area contributed by atoms with Crippen molar-refractivity contribution in [3.8, 4) is 0 Å². The monoisotopic (exact) mass is 230 g/mol. The largest absolute Gasteiger partial charge is 0.264 e. The van der Waals surface area contributed by atoms with E-state index in [0.717, 1.165) is 11.9 Å². The van der Waals surface area contributed by atoms with Crippen LogP contribution in [0.2, 0.25) is 0 Å². The van der Waals surface area contributed by atoms with Crippen molar-refractivity contribution < 1.29 is 13.2 Å². The molecule has 5 heteroatoms. The average molecular weight is 230 g/mol. The summed E-state index contributed by atoms with van der Waals surface area (Å²) in [5.74, 6) is -3.27. The molecule has 1 rings (SSSR count). The molecule has 0 saturated carbocycles. The minimum Gasteiger partial charge on any atom is -0.260 e. The Bertz CT molecular complexity index is 354. The quantitative estimate of drug-likeness (QED) is 0.572. The standard InChI is InChI=1S/C11H13F3N2/c1-3-15-16(8-11(2,13)14)10-6-4-9(12)5-7-10/h3-7H,8H2,1-2H3. The molecule has 0 N–H and O–H groups in total. The molecule has 0 amide bonds. The molecule has 88 valence electrons. The first-order valence-corrected chi connectivity index (χ1v) is 4.82. The van der Waals surface area contributed by atoms with Gasteiger partial charge in [0.05, 0.1) is 5.69 Å². The van der Waals surface area contributed by atoms with Crippen LogP contribution in [0.4, 0.5) is 18.9 Å². The van der Waals surface area contributed by atoms with Crippen LogP contribution in [0.15, 0.2) is 29.4 Å². The zero-order valence-electron chi connectivity index (χ0n) is 9.12. The lowest BCUT2D eigenvalue weighted by atomic mass is 10.3. The highest BCUT2D eigenvalue weighted by Crippen LogP contribution is 2.21. The van der Waals surface area contributed by atoms with Crippen molar-refractivity contribution in [3.05, 3.63) is 30.1 Å². The highest BCUT2D eigenvalue weighted by atomic mass is 19.3. The molecule has 0 aliphatic carbocycles. The molecule has 0 atom stereocenters. The van der Waals surface area contributed by atoms with E-state index in [1.165, 1.54) is 30.5 Å². The fourth-order valence-corrected chi connectivity index (χ4v) is 1.21. The first-order chi connectivity index (χ1) is 7.42. The Kier molecular flexibility index (Phi) is 3.93. The number of hydrogen-bond acceptors (Lipinski definition) is 2. The summed E-state index contributed by atoms with van der Waals surface area (Å²) in [6, 6.07) is 5.24. The summed E-state index contributed by atoms with van der Waals surface area (Å²) in [6.07, 6.45) is 1.41. The third-order valence-corrected chi connectivity index (χ3v) is 1.81.